The largest absolute Gasteiger partial charge is 0.466 e. The Morgan fingerprint density at radius 1 is 1.25 bits per heavy atom. The molecule has 1 N–H and O–H groups in total. The SMILES string of the molecule is C=CC(C)OC(=O)C1=C(C)NC(C)=C(C(=O)OC)C1c1cccc([N+](=O)[O-])c1. The molecule has 2 atom stereocenters. The first kappa shape index (κ1) is 20.9. The molecule has 1 aliphatic heterocycles. The molecule has 0 spiro atoms. The highest BCUT2D eigenvalue weighted by Crippen LogP contribution is 2.40. The van der Waals surface area contributed by atoms with Gasteiger partial charge in [0, 0.05) is 23.5 Å². The molecule has 2 rings (SSSR count). The average Bonchev–Trinajstić information content (AvgIpc) is 2.66. The van der Waals surface area contributed by atoms with Crippen molar-refractivity contribution in [3.8, 4) is 0 Å². The van der Waals surface area contributed by atoms with Crippen LogP contribution in [-0.2, 0) is 19.1 Å². The third kappa shape index (κ3) is 4.11. The molecule has 0 fully saturated rings. The fraction of sp³-hybridized carbons (Fsp3) is 0.300. The lowest BCUT2D eigenvalue weighted by Gasteiger charge is -2.30. The number of nitro benzene ring substituents is 1. The Morgan fingerprint density at radius 3 is 2.39 bits per heavy atom. The zero-order chi connectivity index (χ0) is 21.0. The van der Waals surface area contributed by atoms with Gasteiger partial charge in [-0.05, 0) is 26.3 Å². The highest BCUT2D eigenvalue weighted by molar-refractivity contribution is 6.00. The third-order valence-corrected chi connectivity index (χ3v) is 4.42. The molecule has 0 radical (unpaired) electrons. The van der Waals surface area contributed by atoms with Crippen LogP contribution in [0.1, 0.15) is 32.3 Å². The zero-order valence-corrected chi connectivity index (χ0v) is 16.1. The van der Waals surface area contributed by atoms with Crippen molar-refractivity contribution in [1.82, 2.24) is 5.32 Å². The van der Waals surface area contributed by atoms with Crippen molar-refractivity contribution in [1.29, 1.82) is 0 Å². The Bertz CT molecular complexity index is 900. The van der Waals surface area contributed by atoms with Crippen molar-refractivity contribution in [2.45, 2.75) is 32.8 Å². The minimum absolute atomic E-state index is 0.150. The number of nitro groups is 1. The summed E-state index contributed by atoms with van der Waals surface area (Å²) in [5.41, 5.74) is 1.61. The van der Waals surface area contributed by atoms with Crippen molar-refractivity contribution in [2.24, 2.45) is 0 Å². The molecule has 1 heterocycles. The fourth-order valence-electron chi connectivity index (χ4n) is 3.08. The highest BCUT2D eigenvalue weighted by Gasteiger charge is 2.38. The molecule has 8 nitrogen and oxygen atoms in total. The van der Waals surface area contributed by atoms with E-state index in [1.807, 2.05) is 0 Å². The summed E-state index contributed by atoms with van der Waals surface area (Å²) >= 11 is 0. The number of non-ortho nitro benzene ring substituents is 1. The number of methoxy groups -OCH3 is 1. The van der Waals surface area contributed by atoms with Gasteiger partial charge in [0.1, 0.15) is 6.10 Å². The van der Waals surface area contributed by atoms with Gasteiger partial charge < -0.3 is 14.8 Å². The van der Waals surface area contributed by atoms with E-state index in [4.69, 9.17) is 9.47 Å². The summed E-state index contributed by atoms with van der Waals surface area (Å²) in [5, 5.41) is 14.2. The van der Waals surface area contributed by atoms with Crippen molar-refractivity contribution >= 4 is 17.6 Å². The number of dihydropyridines is 1. The standard InChI is InChI=1S/C20H22N2O6/c1-6-11(2)28-20(24)17-13(4)21-12(3)16(19(23)27-5)18(17)14-8-7-9-15(10-14)22(25)26/h6-11,18,21H,1H2,2-5H3. The average molecular weight is 386 g/mol. The Morgan fingerprint density at radius 2 is 1.86 bits per heavy atom. The molecule has 8 heteroatoms. The van der Waals surface area contributed by atoms with E-state index in [9.17, 15) is 19.7 Å². The maximum absolute atomic E-state index is 12.9. The van der Waals surface area contributed by atoms with E-state index in [1.165, 1.54) is 31.4 Å². The second kappa shape index (κ2) is 8.51. The molecule has 1 aliphatic rings. The predicted molar refractivity (Wildman–Crippen MR) is 102 cm³/mol. The number of carbonyl (C=O) groups is 2. The van der Waals surface area contributed by atoms with Gasteiger partial charge in [0.25, 0.3) is 5.69 Å². The molecule has 0 bridgehead atoms. The van der Waals surface area contributed by atoms with Crippen LogP contribution >= 0.6 is 0 Å². The van der Waals surface area contributed by atoms with Crippen LogP contribution in [0.3, 0.4) is 0 Å². The molecule has 0 saturated heterocycles. The first-order chi connectivity index (χ1) is 13.2. The molecule has 2 unspecified atom stereocenters. The lowest BCUT2D eigenvalue weighted by molar-refractivity contribution is -0.384. The summed E-state index contributed by atoms with van der Waals surface area (Å²) < 4.78 is 10.3. The number of nitrogens with one attached hydrogen (secondary N) is 1. The van der Waals surface area contributed by atoms with Crippen molar-refractivity contribution < 1.29 is 24.0 Å². The number of benzene rings is 1. The predicted octanol–water partition coefficient (Wildman–Crippen LogP) is 3.12. The van der Waals surface area contributed by atoms with Crippen LogP contribution in [0, 0.1) is 10.1 Å². The van der Waals surface area contributed by atoms with Crippen LogP contribution in [0.2, 0.25) is 0 Å². The molecule has 148 valence electrons. The lowest BCUT2D eigenvalue weighted by atomic mass is 9.80. The minimum Gasteiger partial charge on any atom is -0.466 e. The summed E-state index contributed by atoms with van der Waals surface area (Å²) in [6.07, 6.45) is 0.918. The van der Waals surface area contributed by atoms with Crippen molar-refractivity contribution in [3.05, 3.63) is 75.1 Å². The van der Waals surface area contributed by atoms with Gasteiger partial charge in [0.15, 0.2) is 0 Å². The molecule has 1 aromatic rings. The molecule has 28 heavy (non-hydrogen) atoms. The first-order valence-corrected chi connectivity index (χ1v) is 8.56. The summed E-state index contributed by atoms with van der Waals surface area (Å²) in [7, 11) is 1.23. The van der Waals surface area contributed by atoms with E-state index in [0.717, 1.165) is 0 Å². The van der Waals surface area contributed by atoms with E-state index >= 15 is 0 Å². The maximum atomic E-state index is 12.9. The number of nitrogens with zero attached hydrogens (tertiary/aromatic N) is 1. The van der Waals surface area contributed by atoms with Gasteiger partial charge in [0.05, 0.1) is 29.1 Å². The van der Waals surface area contributed by atoms with Crippen molar-refractivity contribution in [2.75, 3.05) is 7.11 Å². The Labute approximate surface area is 162 Å². The smallest absolute Gasteiger partial charge is 0.337 e. The van der Waals surface area contributed by atoms with Gasteiger partial charge in [-0.1, -0.05) is 24.8 Å². The fourth-order valence-corrected chi connectivity index (χ4v) is 3.08. The van der Waals surface area contributed by atoms with E-state index < -0.39 is 28.9 Å². The van der Waals surface area contributed by atoms with Crippen LogP contribution in [0.25, 0.3) is 0 Å². The molecule has 0 aliphatic carbocycles. The molecule has 0 saturated carbocycles. The van der Waals surface area contributed by atoms with Crippen LogP contribution in [-0.4, -0.2) is 30.1 Å². The monoisotopic (exact) mass is 386 g/mol. The molecule has 0 amide bonds. The van der Waals surface area contributed by atoms with Gasteiger partial charge >= 0.3 is 11.9 Å². The second-order valence-corrected chi connectivity index (χ2v) is 6.33. The normalized spacial score (nSPS) is 17.5. The van der Waals surface area contributed by atoms with E-state index in [1.54, 1.807) is 26.8 Å². The van der Waals surface area contributed by atoms with E-state index in [2.05, 4.69) is 11.9 Å². The van der Waals surface area contributed by atoms with Crippen LogP contribution < -0.4 is 5.32 Å². The number of allylic oxidation sites excluding steroid dienone is 2. The Balaban J connectivity index is 2.68. The number of hydrogen-bond acceptors (Lipinski definition) is 7. The van der Waals surface area contributed by atoms with Gasteiger partial charge in [-0.25, -0.2) is 9.59 Å². The molecular weight excluding hydrogens is 364 g/mol. The molecule has 1 aromatic carbocycles. The van der Waals surface area contributed by atoms with Crippen molar-refractivity contribution in [3.63, 3.8) is 0 Å². The minimum atomic E-state index is -0.877. The number of esters is 2. The Kier molecular flexibility index (Phi) is 6.35. The lowest BCUT2D eigenvalue weighted by Crippen LogP contribution is -2.33. The topological polar surface area (TPSA) is 108 Å². The second-order valence-electron chi connectivity index (χ2n) is 6.33. The summed E-state index contributed by atoms with van der Waals surface area (Å²) in [4.78, 5) is 36.0. The van der Waals surface area contributed by atoms with Crippen LogP contribution in [0.15, 0.2) is 59.5 Å². The van der Waals surface area contributed by atoms with Crippen LogP contribution in [0.4, 0.5) is 5.69 Å². The van der Waals surface area contributed by atoms with Gasteiger partial charge in [-0.3, -0.25) is 10.1 Å². The van der Waals surface area contributed by atoms with Gasteiger partial charge in [-0.15, -0.1) is 0 Å². The maximum Gasteiger partial charge on any atom is 0.337 e. The highest BCUT2D eigenvalue weighted by atomic mass is 16.6. The number of hydrogen-bond donors (Lipinski definition) is 1. The third-order valence-electron chi connectivity index (χ3n) is 4.42. The number of ether oxygens (including phenoxy) is 2. The van der Waals surface area contributed by atoms with Gasteiger partial charge in [-0.2, -0.15) is 0 Å². The van der Waals surface area contributed by atoms with E-state index in [-0.39, 0.29) is 16.8 Å². The molecule has 0 aromatic heterocycles. The first-order valence-electron chi connectivity index (χ1n) is 8.56. The van der Waals surface area contributed by atoms with E-state index in [0.29, 0.717) is 17.0 Å². The quantitative estimate of drug-likeness (QED) is 0.346. The Hall–Kier alpha value is -3.42. The molecular formula is C20H22N2O6. The number of carbonyl (C=O) groups excluding carboxylic acids is 2. The zero-order valence-electron chi connectivity index (χ0n) is 16.1. The summed E-state index contributed by atoms with van der Waals surface area (Å²) in [5.74, 6) is -2.17. The van der Waals surface area contributed by atoms with Crippen LogP contribution in [0.5, 0.6) is 0 Å². The summed E-state index contributed by atoms with van der Waals surface area (Å²) in [6, 6.07) is 5.80. The number of rotatable bonds is 6. The van der Waals surface area contributed by atoms with Gasteiger partial charge in [0.2, 0.25) is 0 Å². The summed E-state index contributed by atoms with van der Waals surface area (Å²) in [6.45, 7) is 8.59.